The minimum absolute atomic E-state index is 0.0731. The number of nitrogens with zero attached hydrogens (tertiary/aromatic N) is 1. The third kappa shape index (κ3) is 2.69. The van der Waals surface area contributed by atoms with E-state index < -0.39 is 6.61 Å². The molecule has 5 nitrogen and oxygen atoms in total. The molecule has 0 saturated carbocycles. The standard InChI is InChI=1S/C21H19F2N3O2/c22-20(23)28-18-4-3-13-15(11-25-19(13)26-18)12-1-2-14-16(9-12)21(10-17(14)27)5-7-24-8-6-21/h1-4,9,11,20,24H,5-8,10H2,(H,25,26). The van der Waals surface area contributed by atoms with E-state index in [2.05, 4.69) is 26.1 Å². The van der Waals surface area contributed by atoms with Crippen molar-refractivity contribution in [2.75, 3.05) is 13.1 Å². The predicted molar refractivity (Wildman–Crippen MR) is 101 cm³/mol. The molecule has 1 spiro atoms. The Labute approximate surface area is 160 Å². The maximum atomic E-state index is 12.6. The topological polar surface area (TPSA) is 67.0 Å². The number of hydrogen-bond donors (Lipinski definition) is 2. The van der Waals surface area contributed by atoms with Crippen molar-refractivity contribution >= 4 is 16.8 Å². The number of ketones is 1. The van der Waals surface area contributed by atoms with Crippen molar-refractivity contribution < 1.29 is 18.3 Å². The molecule has 0 radical (unpaired) electrons. The summed E-state index contributed by atoms with van der Waals surface area (Å²) >= 11 is 0. The number of carbonyl (C=O) groups excluding carboxylic acids is 1. The smallest absolute Gasteiger partial charge is 0.388 e. The molecule has 1 saturated heterocycles. The number of aromatic nitrogens is 2. The Bertz CT molecular complexity index is 1070. The van der Waals surface area contributed by atoms with Gasteiger partial charge in [-0.1, -0.05) is 12.1 Å². The molecule has 1 aliphatic carbocycles. The lowest BCUT2D eigenvalue weighted by Gasteiger charge is -2.34. The highest BCUT2D eigenvalue weighted by Crippen LogP contribution is 2.46. The fraction of sp³-hybridized carbons (Fsp3) is 0.333. The van der Waals surface area contributed by atoms with Crippen LogP contribution in [-0.4, -0.2) is 35.5 Å². The molecular formula is C21H19F2N3O2. The Morgan fingerprint density at radius 1 is 1.11 bits per heavy atom. The Kier molecular flexibility index (Phi) is 3.94. The summed E-state index contributed by atoms with van der Waals surface area (Å²) in [6, 6.07) is 9.16. The van der Waals surface area contributed by atoms with Gasteiger partial charge in [-0.05, 0) is 49.2 Å². The van der Waals surface area contributed by atoms with Crippen LogP contribution in [0, 0.1) is 0 Å². The van der Waals surface area contributed by atoms with Gasteiger partial charge in [0, 0.05) is 40.6 Å². The summed E-state index contributed by atoms with van der Waals surface area (Å²) in [6.45, 7) is -1.07. The van der Waals surface area contributed by atoms with E-state index in [4.69, 9.17) is 0 Å². The van der Waals surface area contributed by atoms with E-state index >= 15 is 0 Å². The number of H-pyrrole nitrogens is 1. The lowest BCUT2D eigenvalue weighted by molar-refractivity contribution is -0.0526. The molecule has 2 N–H and O–H groups in total. The van der Waals surface area contributed by atoms with Crippen LogP contribution in [0.5, 0.6) is 5.88 Å². The molecule has 1 aromatic carbocycles. The van der Waals surface area contributed by atoms with E-state index in [0.717, 1.165) is 53.6 Å². The molecule has 0 atom stereocenters. The number of halogens is 2. The third-order valence-electron chi connectivity index (χ3n) is 5.98. The van der Waals surface area contributed by atoms with Gasteiger partial charge in [-0.2, -0.15) is 13.8 Å². The molecule has 0 bridgehead atoms. The lowest BCUT2D eigenvalue weighted by Crippen LogP contribution is -2.38. The molecule has 2 aromatic heterocycles. The van der Waals surface area contributed by atoms with E-state index in [1.807, 2.05) is 18.3 Å². The average molecular weight is 383 g/mol. The molecule has 2 aliphatic rings. The Balaban J connectivity index is 1.58. The van der Waals surface area contributed by atoms with Crippen LogP contribution in [0.4, 0.5) is 8.78 Å². The summed E-state index contributed by atoms with van der Waals surface area (Å²) < 4.78 is 29.2. The quantitative estimate of drug-likeness (QED) is 0.716. The number of pyridine rings is 1. The van der Waals surface area contributed by atoms with Crippen molar-refractivity contribution in [3.63, 3.8) is 0 Å². The van der Waals surface area contributed by atoms with Gasteiger partial charge in [0.25, 0.3) is 0 Å². The van der Waals surface area contributed by atoms with Crippen molar-refractivity contribution in [1.82, 2.24) is 15.3 Å². The van der Waals surface area contributed by atoms with Gasteiger partial charge in [-0.15, -0.1) is 0 Å². The Morgan fingerprint density at radius 2 is 1.93 bits per heavy atom. The molecule has 28 heavy (non-hydrogen) atoms. The molecule has 3 heterocycles. The van der Waals surface area contributed by atoms with E-state index in [1.54, 1.807) is 6.07 Å². The zero-order valence-corrected chi connectivity index (χ0v) is 15.1. The number of nitrogens with one attached hydrogen (secondary N) is 2. The average Bonchev–Trinajstić information content (AvgIpc) is 3.21. The van der Waals surface area contributed by atoms with Crippen molar-refractivity contribution in [3.05, 3.63) is 47.7 Å². The normalized spacial score (nSPS) is 18.2. The summed E-state index contributed by atoms with van der Waals surface area (Å²) in [5.41, 5.74) is 4.30. The van der Waals surface area contributed by atoms with Gasteiger partial charge >= 0.3 is 6.61 Å². The van der Waals surface area contributed by atoms with Crippen LogP contribution in [-0.2, 0) is 5.41 Å². The molecule has 3 aromatic rings. The minimum atomic E-state index is -2.91. The van der Waals surface area contributed by atoms with E-state index in [1.165, 1.54) is 6.07 Å². The van der Waals surface area contributed by atoms with Gasteiger partial charge in [0.15, 0.2) is 5.78 Å². The first-order valence-corrected chi connectivity index (χ1v) is 9.37. The number of hydrogen-bond acceptors (Lipinski definition) is 4. The van der Waals surface area contributed by atoms with Crippen molar-refractivity contribution in [2.24, 2.45) is 0 Å². The Hall–Kier alpha value is -2.80. The second kappa shape index (κ2) is 6.38. The number of piperidine rings is 1. The summed E-state index contributed by atoms with van der Waals surface area (Å²) in [7, 11) is 0. The van der Waals surface area contributed by atoms with Gasteiger partial charge in [0.05, 0.1) is 0 Å². The number of carbonyl (C=O) groups is 1. The first kappa shape index (κ1) is 17.3. The molecule has 0 unspecified atom stereocenters. The summed E-state index contributed by atoms with van der Waals surface area (Å²) in [4.78, 5) is 19.7. The molecular weight excluding hydrogens is 364 g/mol. The van der Waals surface area contributed by atoms with Crippen LogP contribution in [0.25, 0.3) is 22.2 Å². The maximum Gasteiger partial charge on any atom is 0.388 e. The summed E-state index contributed by atoms with van der Waals surface area (Å²) in [6.07, 6.45) is 4.31. The molecule has 1 fully saturated rings. The fourth-order valence-electron chi connectivity index (χ4n) is 4.63. The number of benzene rings is 1. The highest BCUT2D eigenvalue weighted by atomic mass is 19.3. The number of ether oxygens (including phenoxy) is 1. The first-order valence-electron chi connectivity index (χ1n) is 9.37. The number of aromatic amines is 1. The molecule has 0 amide bonds. The van der Waals surface area contributed by atoms with E-state index in [0.29, 0.717) is 12.1 Å². The van der Waals surface area contributed by atoms with Gasteiger partial charge in [0.1, 0.15) is 5.65 Å². The SMILES string of the molecule is O=C1CC2(CCNCC2)c2cc(-c3c[nH]c4nc(OC(F)F)ccc34)ccc21. The Morgan fingerprint density at radius 3 is 2.71 bits per heavy atom. The first-order chi connectivity index (χ1) is 13.6. The van der Waals surface area contributed by atoms with Crippen molar-refractivity contribution in [1.29, 1.82) is 0 Å². The van der Waals surface area contributed by atoms with E-state index in [9.17, 15) is 13.6 Å². The molecule has 1 aliphatic heterocycles. The highest BCUT2D eigenvalue weighted by Gasteiger charge is 2.43. The van der Waals surface area contributed by atoms with Gasteiger partial charge in [-0.25, -0.2) is 0 Å². The van der Waals surface area contributed by atoms with Crippen LogP contribution in [0.2, 0.25) is 0 Å². The zero-order valence-electron chi connectivity index (χ0n) is 15.1. The van der Waals surface area contributed by atoms with Crippen LogP contribution < -0.4 is 10.1 Å². The monoisotopic (exact) mass is 383 g/mol. The minimum Gasteiger partial charge on any atom is -0.417 e. The molecule has 144 valence electrons. The van der Waals surface area contributed by atoms with Gasteiger partial charge in [-0.3, -0.25) is 4.79 Å². The molecule has 7 heteroatoms. The van der Waals surface area contributed by atoms with Gasteiger partial charge in [0.2, 0.25) is 5.88 Å². The largest absolute Gasteiger partial charge is 0.417 e. The fourth-order valence-corrected chi connectivity index (χ4v) is 4.63. The number of rotatable bonds is 3. The van der Waals surface area contributed by atoms with Crippen LogP contribution >= 0.6 is 0 Å². The number of fused-ring (bicyclic) bond motifs is 3. The zero-order chi connectivity index (χ0) is 19.3. The maximum absolute atomic E-state index is 12.6. The predicted octanol–water partition coefficient (Wildman–Crippen LogP) is 4.04. The van der Waals surface area contributed by atoms with Crippen LogP contribution in [0.1, 0.15) is 35.2 Å². The molecule has 5 rings (SSSR count). The summed E-state index contributed by atoms with van der Waals surface area (Å²) in [5, 5.41) is 4.20. The summed E-state index contributed by atoms with van der Waals surface area (Å²) in [5.74, 6) is 0.0990. The van der Waals surface area contributed by atoms with Crippen molar-refractivity contribution in [3.8, 4) is 17.0 Å². The van der Waals surface area contributed by atoms with Crippen LogP contribution in [0.15, 0.2) is 36.5 Å². The van der Waals surface area contributed by atoms with E-state index in [-0.39, 0.29) is 17.1 Å². The lowest BCUT2D eigenvalue weighted by atomic mass is 9.74. The van der Waals surface area contributed by atoms with Crippen molar-refractivity contribution in [2.45, 2.75) is 31.3 Å². The number of Topliss-reactive ketones (excluding diaryl/α,β-unsaturated/α-hetero) is 1. The highest BCUT2D eigenvalue weighted by molar-refractivity contribution is 6.03. The third-order valence-corrected chi connectivity index (χ3v) is 5.98. The van der Waals surface area contributed by atoms with Gasteiger partial charge < -0.3 is 15.0 Å². The second-order valence-electron chi connectivity index (χ2n) is 7.52. The number of alkyl halides is 2. The van der Waals surface area contributed by atoms with Crippen LogP contribution in [0.3, 0.4) is 0 Å². The second-order valence-corrected chi connectivity index (χ2v) is 7.52.